The third kappa shape index (κ3) is 4.19. The Kier molecular flexibility index (Phi) is 5.56. The summed E-state index contributed by atoms with van der Waals surface area (Å²) < 4.78 is 12.5. The third-order valence-electron chi connectivity index (χ3n) is 7.12. The summed E-state index contributed by atoms with van der Waals surface area (Å²) in [5.74, 6) is 1.03. The Morgan fingerprint density at radius 2 is 1.55 bits per heavy atom. The zero-order valence-corrected chi connectivity index (χ0v) is 19.9. The highest BCUT2D eigenvalue weighted by molar-refractivity contribution is 6.62. The number of benzene rings is 3. The summed E-state index contributed by atoms with van der Waals surface area (Å²) in [6, 6.07) is 19.5. The molecule has 0 aliphatic carbocycles. The highest BCUT2D eigenvalue weighted by Gasteiger charge is 2.51. The van der Waals surface area contributed by atoms with Crippen LogP contribution in [-0.2, 0) is 15.7 Å². The maximum absolute atomic E-state index is 6.26. The van der Waals surface area contributed by atoms with Crippen LogP contribution < -0.4 is 11.2 Å². The molecule has 5 rings (SSSR count). The van der Waals surface area contributed by atoms with Gasteiger partial charge in [-0.05, 0) is 92.6 Å². The van der Waals surface area contributed by atoms with Crippen molar-refractivity contribution in [2.45, 2.75) is 58.2 Å². The van der Waals surface area contributed by atoms with E-state index in [9.17, 15) is 0 Å². The van der Waals surface area contributed by atoms with Gasteiger partial charge in [0.05, 0.1) is 22.2 Å². The molecule has 2 heterocycles. The van der Waals surface area contributed by atoms with E-state index in [1.807, 2.05) is 0 Å². The Bertz CT molecular complexity index is 1300. The van der Waals surface area contributed by atoms with Gasteiger partial charge in [0.1, 0.15) is 5.82 Å². The smallest absolute Gasteiger partial charge is 0.399 e. The summed E-state index contributed by atoms with van der Waals surface area (Å²) in [7, 11) is -0.359. The van der Waals surface area contributed by atoms with Gasteiger partial charge in [0, 0.05) is 6.42 Å². The van der Waals surface area contributed by atoms with Crippen LogP contribution >= 0.6 is 0 Å². The molecule has 0 bridgehead atoms. The van der Waals surface area contributed by atoms with E-state index in [2.05, 4.69) is 87.3 Å². The molecular weight excluding hydrogens is 409 g/mol. The number of imidazole rings is 1. The zero-order chi connectivity index (χ0) is 23.2. The number of nitrogens with zero attached hydrogens (tertiary/aromatic N) is 1. The van der Waals surface area contributed by atoms with Crippen molar-refractivity contribution in [1.29, 1.82) is 0 Å². The van der Waals surface area contributed by atoms with Crippen molar-refractivity contribution < 1.29 is 9.31 Å². The number of unbranched alkanes of at least 4 members (excludes halogenated alkanes) is 1. The number of aromatic amines is 1. The molecule has 0 atom stereocenters. The van der Waals surface area contributed by atoms with Gasteiger partial charge in [0.15, 0.2) is 0 Å². The predicted molar refractivity (Wildman–Crippen MR) is 137 cm³/mol. The molecule has 1 saturated heterocycles. The number of nitrogens with one attached hydrogen (secondary N) is 1. The molecule has 0 amide bonds. The van der Waals surface area contributed by atoms with Gasteiger partial charge in [0.25, 0.3) is 0 Å². The lowest BCUT2D eigenvalue weighted by Crippen LogP contribution is -2.41. The second kappa shape index (κ2) is 8.28. The first-order chi connectivity index (χ1) is 15.8. The summed E-state index contributed by atoms with van der Waals surface area (Å²) in [6.45, 7) is 9.06. The van der Waals surface area contributed by atoms with E-state index in [1.54, 1.807) is 0 Å². The lowest BCUT2D eigenvalue weighted by atomic mass is 9.78. The van der Waals surface area contributed by atoms with Crippen molar-refractivity contribution in [3.05, 3.63) is 60.4 Å². The van der Waals surface area contributed by atoms with E-state index in [-0.39, 0.29) is 18.3 Å². The van der Waals surface area contributed by atoms with Crippen LogP contribution in [0, 0.1) is 0 Å². The van der Waals surface area contributed by atoms with Gasteiger partial charge in [-0.15, -0.1) is 0 Å². The number of hydrogen-bond donors (Lipinski definition) is 2. The maximum Gasteiger partial charge on any atom is 0.494 e. The van der Waals surface area contributed by atoms with E-state index in [0.29, 0.717) is 0 Å². The molecule has 1 aliphatic heterocycles. The topological polar surface area (TPSA) is 73.2 Å². The molecular formula is C27H32BN3O2. The molecule has 5 nitrogen and oxygen atoms in total. The van der Waals surface area contributed by atoms with Crippen molar-refractivity contribution in [3.63, 3.8) is 0 Å². The Morgan fingerprint density at radius 3 is 2.30 bits per heavy atom. The number of aromatic nitrogens is 2. The van der Waals surface area contributed by atoms with Crippen LogP contribution in [0.15, 0.2) is 54.6 Å². The van der Waals surface area contributed by atoms with Gasteiger partial charge in [-0.1, -0.05) is 36.4 Å². The maximum atomic E-state index is 6.26. The molecule has 6 heteroatoms. The lowest BCUT2D eigenvalue weighted by molar-refractivity contribution is 0.00578. The molecule has 0 radical (unpaired) electrons. The van der Waals surface area contributed by atoms with Gasteiger partial charge in [-0.2, -0.15) is 0 Å². The lowest BCUT2D eigenvalue weighted by Gasteiger charge is -2.32. The van der Waals surface area contributed by atoms with Crippen molar-refractivity contribution >= 4 is 34.4 Å². The van der Waals surface area contributed by atoms with Crippen molar-refractivity contribution in [1.82, 2.24) is 9.97 Å². The summed E-state index contributed by atoms with van der Waals surface area (Å²) in [4.78, 5) is 8.20. The third-order valence-corrected chi connectivity index (χ3v) is 7.12. The molecule has 1 fully saturated rings. The van der Waals surface area contributed by atoms with E-state index < -0.39 is 0 Å². The van der Waals surface area contributed by atoms with Crippen molar-refractivity contribution in [2.24, 2.45) is 5.73 Å². The molecule has 3 aromatic carbocycles. The minimum absolute atomic E-state index is 0.350. The summed E-state index contributed by atoms with van der Waals surface area (Å²) in [5.41, 5.74) is 10.4. The molecule has 0 unspecified atom stereocenters. The highest BCUT2D eigenvalue weighted by atomic mass is 16.7. The molecule has 0 spiro atoms. The molecule has 170 valence electrons. The van der Waals surface area contributed by atoms with Gasteiger partial charge in [0.2, 0.25) is 0 Å². The normalized spacial score (nSPS) is 17.3. The quantitative estimate of drug-likeness (QED) is 0.328. The summed E-state index contributed by atoms with van der Waals surface area (Å²) >= 11 is 0. The monoisotopic (exact) mass is 441 g/mol. The first kappa shape index (κ1) is 22.1. The number of aryl methyl sites for hydroxylation is 1. The van der Waals surface area contributed by atoms with E-state index >= 15 is 0 Å². The van der Waals surface area contributed by atoms with Gasteiger partial charge >= 0.3 is 7.12 Å². The van der Waals surface area contributed by atoms with Gasteiger partial charge in [-0.25, -0.2) is 4.98 Å². The van der Waals surface area contributed by atoms with Crippen LogP contribution in [-0.4, -0.2) is 34.8 Å². The van der Waals surface area contributed by atoms with Crippen LogP contribution in [0.5, 0.6) is 0 Å². The van der Waals surface area contributed by atoms with E-state index in [1.165, 1.54) is 21.9 Å². The Balaban J connectivity index is 1.44. The number of fused-ring (bicyclic) bond motifs is 2. The fourth-order valence-electron chi connectivity index (χ4n) is 4.37. The zero-order valence-electron chi connectivity index (χ0n) is 19.9. The number of nitrogens with two attached hydrogens (primary N) is 1. The molecule has 33 heavy (non-hydrogen) atoms. The van der Waals surface area contributed by atoms with Crippen LogP contribution in [0.4, 0.5) is 0 Å². The number of hydrogen-bond acceptors (Lipinski definition) is 4. The first-order valence-corrected chi connectivity index (χ1v) is 11.8. The Hall–Kier alpha value is -2.67. The second-order valence-electron chi connectivity index (χ2n) is 10.1. The molecule has 1 aromatic heterocycles. The van der Waals surface area contributed by atoms with Gasteiger partial charge < -0.3 is 20.0 Å². The average molecular weight is 441 g/mol. The first-order valence-electron chi connectivity index (χ1n) is 11.8. The standard InChI is InChI=1S/C27H32BN3O2/c1-26(2)27(3,4)33-28(32-26)22-12-10-18-8-9-19(15-21(18)16-22)20-11-13-23-24(17-20)31-25(30-23)7-5-6-14-29/h8-13,15-17H,5-7,14,29H2,1-4H3,(H,30,31). The van der Waals surface area contributed by atoms with Crippen LogP contribution in [0.3, 0.4) is 0 Å². The predicted octanol–water partition coefficient (Wildman–Crippen LogP) is 4.96. The fourth-order valence-corrected chi connectivity index (χ4v) is 4.37. The molecule has 3 N–H and O–H groups in total. The van der Waals surface area contributed by atoms with Crippen LogP contribution in [0.25, 0.3) is 32.9 Å². The minimum Gasteiger partial charge on any atom is -0.399 e. The second-order valence-corrected chi connectivity index (χ2v) is 10.1. The molecule has 0 saturated carbocycles. The van der Waals surface area contributed by atoms with E-state index in [0.717, 1.165) is 48.1 Å². The van der Waals surface area contributed by atoms with Gasteiger partial charge in [-0.3, -0.25) is 0 Å². The Labute approximate surface area is 195 Å². The molecule has 1 aliphatic rings. The highest BCUT2D eigenvalue weighted by Crippen LogP contribution is 2.36. The number of rotatable bonds is 6. The average Bonchev–Trinajstić information content (AvgIpc) is 3.29. The SMILES string of the molecule is CC1(C)OB(c2ccc3ccc(-c4ccc5nc(CCCCN)[nH]c5c4)cc3c2)OC1(C)C. The summed E-state index contributed by atoms with van der Waals surface area (Å²) in [6.07, 6.45) is 3.01. The Morgan fingerprint density at radius 1 is 0.848 bits per heavy atom. The van der Waals surface area contributed by atoms with Crippen LogP contribution in [0.1, 0.15) is 46.4 Å². The summed E-state index contributed by atoms with van der Waals surface area (Å²) in [5, 5.41) is 2.37. The molecule has 4 aromatic rings. The largest absolute Gasteiger partial charge is 0.494 e. The minimum atomic E-state index is -0.359. The fraction of sp³-hybridized carbons (Fsp3) is 0.370. The number of H-pyrrole nitrogens is 1. The van der Waals surface area contributed by atoms with Crippen LogP contribution in [0.2, 0.25) is 0 Å². The van der Waals surface area contributed by atoms with E-state index in [4.69, 9.17) is 20.0 Å². The van der Waals surface area contributed by atoms with Crippen molar-refractivity contribution in [3.8, 4) is 11.1 Å². The van der Waals surface area contributed by atoms with Crippen molar-refractivity contribution in [2.75, 3.05) is 6.54 Å².